The number of ether oxygens (including phenoxy) is 1. The number of halogens is 1. The highest BCUT2D eigenvalue weighted by Crippen LogP contribution is 2.54. The highest BCUT2D eigenvalue weighted by atomic mass is 19.1. The lowest BCUT2D eigenvalue weighted by Crippen LogP contribution is -2.34. The van der Waals surface area contributed by atoms with Crippen LogP contribution < -0.4 is 16.0 Å². The third-order valence-electron chi connectivity index (χ3n) is 3.43. The van der Waals surface area contributed by atoms with E-state index in [1.54, 1.807) is 18.2 Å². The van der Waals surface area contributed by atoms with Gasteiger partial charge < -0.3 is 4.74 Å². The summed E-state index contributed by atoms with van der Waals surface area (Å²) in [6.07, 6.45) is 2.14. The Kier molecular flexibility index (Phi) is 2.86. The first-order valence-electron chi connectivity index (χ1n) is 5.41. The summed E-state index contributed by atoms with van der Waals surface area (Å²) in [6.45, 7) is 2.11. The summed E-state index contributed by atoms with van der Waals surface area (Å²) in [6, 6.07) is 5.00. The first-order chi connectivity index (χ1) is 7.62. The van der Waals surface area contributed by atoms with E-state index < -0.39 is 0 Å². The van der Waals surface area contributed by atoms with E-state index in [9.17, 15) is 4.39 Å². The maximum absolute atomic E-state index is 14.0. The largest absolute Gasteiger partial charge is 0.494 e. The van der Waals surface area contributed by atoms with E-state index >= 15 is 0 Å². The highest BCUT2D eigenvalue weighted by Gasteiger charge is 2.46. The molecule has 1 aromatic carbocycles. The number of nitrogens with one attached hydrogen (secondary N) is 1. The van der Waals surface area contributed by atoms with E-state index in [4.69, 9.17) is 10.6 Å². The van der Waals surface area contributed by atoms with Gasteiger partial charge in [-0.25, -0.2) is 4.39 Å². The first-order valence-corrected chi connectivity index (χ1v) is 5.41. The van der Waals surface area contributed by atoms with Gasteiger partial charge in [0.15, 0.2) is 11.6 Å². The average Bonchev–Trinajstić information content (AvgIpc) is 3.01. The van der Waals surface area contributed by atoms with Gasteiger partial charge >= 0.3 is 0 Å². The van der Waals surface area contributed by atoms with Crippen LogP contribution in [0.2, 0.25) is 0 Å². The van der Waals surface area contributed by atoms with Crippen LogP contribution in [0.1, 0.15) is 31.4 Å². The summed E-state index contributed by atoms with van der Waals surface area (Å²) in [5, 5.41) is 0. The Labute approximate surface area is 94.8 Å². The molecule has 0 saturated heterocycles. The van der Waals surface area contributed by atoms with Gasteiger partial charge in [0, 0.05) is 5.56 Å². The van der Waals surface area contributed by atoms with Crippen molar-refractivity contribution in [3.05, 3.63) is 29.6 Å². The number of hydrogen-bond acceptors (Lipinski definition) is 3. The molecule has 88 valence electrons. The van der Waals surface area contributed by atoms with Gasteiger partial charge in [0.1, 0.15) is 0 Å². The van der Waals surface area contributed by atoms with Gasteiger partial charge in [0.25, 0.3) is 0 Å². The summed E-state index contributed by atoms with van der Waals surface area (Å²) < 4.78 is 19.0. The number of methoxy groups -OCH3 is 1. The van der Waals surface area contributed by atoms with Crippen LogP contribution in [0.15, 0.2) is 18.2 Å². The molecule has 1 aliphatic carbocycles. The van der Waals surface area contributed by atoms with Gasteiger partial charge in [0.05, 0.1) is 13.2 Å². The lowest BCUT2D eigenvalue weighted by atomic mass is 9.92. The Bertz CT molecular complexity index is 391. The van der Waals surface area contributed by atoms with Crippen LogP contribution in [-0.2, 0) is 0 Å². The molecule has 0 amide bonds. The Morgan fingerprint density at radius 1 is 1.50 bits per heavy atom. The minimum absolute atomic E-state index is 0.0714. The van der Waals surface area contributed by atoms with Crippen molar-refractivity contribution in [2.45, 2.75) is 25.8 Å². The van der Waals surface area contributed by atoms with Crippen molar-refractivity contribution in [2.75, 3.05) is 7.11 Å². The summed E-state index contributed by atoms with van der Waals surface area (Å²) in [7, 11) is 1.46. The molecular formula is C12H17FN2O. The molecule has 3 N–H and O–H groups in total. The van der Waals surface area contributed by atoms with E-state index in [2.05, 4.69) is 12.3 Å². The van der Waals surface area contributed by atoms with E-state index in [-0.39, 0.29) is 23.0 Å². The smallest absolute Gasteiger partial charge is 0.169 e. The molecule has 1 aromatic rings. The Hall–Kier alpha value is -1.13. The summed E-state index contributed by atoms with van der Waals surface area (Å²) in [5.41, 5.74) is 3.37. The third-order valence-corrected chi connectivity index (χ3v) is 3.43. The molecule has 1 unspecified atom stereocenters. The standard InChI is InChI=1S/C12H17FN2O/c1-12(6-7-12)11(15-14)8-4-3-5-9(16-2)10(8)13/h3-5,11,15H,6-7,14H2,1-2H3. The molecule has 0 spiro atoms. The molecule has 1 fully saturated rings. The van der Waals surface area contributed by atoms with Crippen LogP contribution in [0.4, 0.5) is 4.39 Å². The monoisotopic (exact) mass is 224 g/mol. The van der Waals surface area contributed by atoms with Crippen LogP contribution in [0, 0.1) is 11.2 Å². The van der Waals surface area contributed by atoms with Gasteiger partial charge in [0.2, 0.25) is 0 Å². The number of rotatable bonds is 4. The predicted molar refractivity (Wildman–Crippen MR) is 60.4 cm³/mol. The Morgan fingerprint density at radius 2 is 2.19 bits per heavy atom. The minimum atomic E-state index is -0.318. The van der Waals surface area contributed by atoms with Crippen LogP contribution in [-0.4, -0.2) is 7.11 Å². The molecule has 0 radical (unpaired) electrons. The third kappa shape index (κ3) is 1.79. The molecule has 0 heterocycles. The zero-order chi connectivity index (χ0) is 11.8. The van der Waals surface area contributed by atoms with E-state index in [1.165, 1.54) is 7.11 Å². The van der Waals surface area contributed by atoms with Crippen molar-refractivity contribution in [1.29, 1.82) is 0 Å². The lowest BCUT2D eigenvalue weighted by Gasteiger charge is -2.24. The van der Waals surface area contributed by atoms with Gasteiger partial charge in [-0.05, 0) is 24.3 Å². The normalized spacial score (nSPS) is 19.2. The quantitative estimate of drug-likeness (QED) is 0.608. The summed E-state index contributed by atoms with van der Waals surface area (Å²) >= 11 is 0. The molecule has 2 rings (SSSR count). The maximum atomic E-state index is 14.0. The maximum Gasteiger partial charge on any atom is 0.169 e. The SMILES string of the molecule is COc1cccc(C(NN)C2(C)CC2)c1F. The molecule has 1 aliphatic rings. The van der Waals surface area contributed by atoms with Crippen molar-refractivity contribution >= 4 is 0 Å². The average molecular weight is 224 g/mol. The second-order valence-corrected chi connectivity index (χ2v) is 4.62. The number of benzene rings is 1. The fourth-order valence-corrected chi connectivity index (χ4v) is 2.06. The van der Waals surface area contributed by atoms with Gasteiger partial charge in [-0.2, -0.15) is 0 Å². The molecule has 3 nitrogen and oxygen atoms in total. The summed E-state index contributed by atoms with van der Waals surface area (Å²) in [5.74, 6) is 5.48. The molecular weight excluding hydrogens is 207 g/mol. The topological polar surface area (TPSA) is 47.3 Å². The molecule has 16 heavy (non-hydrogen) atoms. The fraction of sp³-hybridized carbons (Fsp3) is 0.500. The van der Waals surface area contributed by atoms with Crippen molar-refractivity contribution in [1.82, 2.24) is 5.43 Å². The fourth-order valence-electron chi connectivity index (χ4n) is 2.06. The van der Waals surface area contributed by atoms with Gasteiger partial charge in [-0.3, -0.25) is 11.3 Å². The van der Waals surface area contributed by atoms with Crippen LogP contribution >= 0.6 is 0 Å². The van der Waals surface area contributed by atoms with Gasteiger partial charge in [-0.1, -0.05) is 19.1 Å². The highest BCUT2D eigenvalue weighted by molar-refractivity contribution is 5.34. The predicted octanol–water partition coefficient (Wildman–Crippen LogP) is 2.14. The van der Waals surface area contributed by atoms with Gasteiger partial charge in [-0.15, -0.1) is 0 Å². The molecule has 1 saturated carbocycles. The zero-order valence-electron chi connectivity index (χ0n) is 9.59. The zero-order valence-corrected chi connectivity index (χ0v) is 9.59. The van der Waals surface area contributed by atoms with Crippen molar-refractivity contribution in [2.24, 2.45) is 11.3 Å². The Balaban J connectivity index is 2.38. The lowest BCUT2D eigenvalue weighted by molar-refractivity contribution is 0.344. The number of hydrazine groups is 1. The van der Waals surface area contributed by atoms with Crippen LogP contribution in [0.5, 0.6) is 5.75 Å². The first kappa shape index (κ1) is 11.4. The van der Waals surface area contributed by atoms with E-state index in [0.29, 0.717) is 5.56 Å². The van der Waals surface area contributed by atoms with Crippen LogP contribution in [0.25, 0.3) is 0 Å². The van der Waals surface area contributed by atoms with E-state index in [1.807, 2.05) is 0 Å². The number of nitrogens with two attached hydrogens (primary N) is 1. The van der Waals surface area contributed by atoms with Crippen LogP contribution in [0.3, 0.4) is 0 Å². The van der Waals surface area contributed by atoms with Crippen molar-refractivity contribution in [3.8, 4) is 5.75 Å². The number of hydrogen-bond donors (Lipinski definition) is 2. The summed E-state index contributed by atoms with van der Waals surface area (Å²) in [4.78, 5) is 0. The molecule has 4 heteroatoms. The molecule has 0 bridgehead atoms. The van der Waals surface area contributed by atoms with Crippen molar-refractivity contribution in [3.63, 3.8) is 0 Å². The molecule has 0 aliphatic heterocycles. The second-order valence-electron chi connectivity index (χ2n) is 4.62. The molecule has 1 atom stereocenters. The molecule has 0 aromatic heterocycles. The van der Waals surface area contributed by atoms with Crippen molar-refractivity contribution < 1.29 is 9.13 Å². The Morgan fingerprint density at radius 3 is 2.69 bits per heavy atom. The minimum Gasteiger partial charge on any atom is -0.494 e. The second kappa shape index (κ2) is 4.03. The van der Waals surface area contributed by atoms with E-state index in [0.717, 1.165) is 12.8 Å².